The number of hydrogen-bond donors (Lipinski definition) is 2. The fourth-order valence-corrected chi connectivity index (χ4v) is 2.68. The fraction of sp³-hybridized carbons (Fsp3) is 0.158. The van der Waals surface area contributed by atoms with Crippen molar-refractivity contribution in [2.75, 3.05) is 0 Å². The number of carbonyl (C=O) groups excluding carboxylic acids is 1. The molecule has 1 amide bonds. The highest BCUT2D eigenvalue weighted by Gasteiger charge is 2.17. The van der Waals surface area contributed by atoms with Gasteiger partial charge in [-0.05, 0) is 24.6 Å². The van der Waals surface area contributed by atoms with Crippen LogP contribution in [0.4, 0.5) is 0 Å². The Morgan fingerprint density at radius 2 is 1.91 bits per heavy atom. The molecule has 0 aliphatic carbocycles. The van der Waals surface area contributed by atoms with E-state index in [9.17, 15) is 9.90 Å². The lowest BCUT2D eigenvalue weighted by atomic mass is 10.0. The number of aliphatic hydroxyl groups excluding tert-OH is 1. The van der Waals surface area contributed by atoms with E-state index in [0.29, 0.717) is 16.6 Å². The quantitative estimate of drug-likeness (QED) is 0.778. The second-order valence-electron chi connectivity index (χ2n) is 5.43. The molecule has 4 heteroatoms. The Kier molecular flexibility index (Phi) is 4.35. The van der Waals surface area contributed by atoms with Crippen molar-refractivity contribution < 1.29 is 9.90 Å². The molecule has 0 radical (unpaired) electrons. The molecule has 0 bridgehead atoms. The monoisotopic (exact) mass is 306 g/mol. The van der Waals surface area contributed by atoms with Crippen molar-refractivity contribution in [3.05, 3.63) is 77.5 Å². The normalized spacial score (nSPS) is 12.1. The molecule has 0 aliphatic rings. The molecule has 2 aromatic carbocycles. The third kappa shape index (κ3) is 3.07. The number of pyridine rings is 1. The van der Waals surface area contributed by atoms with Gasteiger partial charge < -0.3 is 10.4 Å². The van der Waals surface area contributed by atoms with Crippen LogP contribution in [0.2, 0.25) is 0 Å². The van der Waals surface area contributed by atoms with Gasteiger partial charge in [0.25, 0.3) is 5.91 Å². The topological polar surface area (TPSA) is 62.2 Å². The number of fused-ring (bicyclic) bond motifs is 1. The van der Waals surface area contributed by atoms with Crippen LogP contribution in [0.25, 0.3) is 10.9 Å². The van der Waals surface area contributed by atoms with Gasteiger partial charge in [-0.25, -0.2) is 0 Å². The van der Waals surface area contributed by atoms with Gasteiger partial charge in [0.05, 0.1) is 18.2 Å². The predicted molar refractivity (Wildman–Crippen MR) is 90.0 cm³/mol. The van der Waals surface area contributed by atoms with Crippen LogP contribution >= 0.6 is 0 Å². The molecule has 1 aromatic heterocycles. The van der Waals surface area contributed by atoms with E-state index in [0.717, 1.165) is 10.9 Å². The largest absolute Gasteiger partial charge is 0.392 e. The van der Waals surface area contributed by atoms with Gasteiger partial charge >= 0.3 is 0 Å². The Morgan fingerprint density at radius 1 is 1.13 bits per heavy atom. The number of aromatic nitrogens is 1. The first kappa shape index (κ1) is 15.2. The van der Waals surface area contributed by atoms with Gasteiger partial charge in [0.15, 0.2) is 0 Å². The van der Waals surface area contributed by atoms with Crippen molar-refractivity contribution in [1.82, 2.24) is 10.3 Å². The molecule has 116 valence electrons. The van der Waals surface area contributed by atoms with Gasteiger partial charge in [-0.3, -0.25) is 9.78 Å². The van der Waals surface area contributed by atoms with E-state index in [1.807, 2.05) is 55.5 Å². The van der Waals surface area contributed by atoms with Crippen LogP contribution in [0.5, 0.6) is 0 Å². The number of carbonyl (C=O) groups is 1. The van der Waals surface area contributed by atoms with Crippen molar-refractivity contribution in [2.24, 2.45) is 0 Å². The van der Waals surface area contributed by atoms with Crippen molar-refractivity contribution in [2.45, 2.75) is 19.6 Å². The molecule has 3 aromatic rings. The predicted octanol–water partition coefficient (Wildman–Crippen LogP) is 3.22. The fourth-order valence-electron chi connectivity index (χ4n) is 2.68. The van der Waals surface area contributed by atoms with Crippen LogP contribution in [-0.2, 0) is 6.61 Å². The lowest BCUT2D eigenvalue weighted by molar-refractivity contribution is 0.0937. The average Bonchev–Trinajstić information content (AvgIpc) is 2.61. The summed E-state index contributed by atoms with van der Waals surface area (Å²) in [5, 5.41) is 13.6. The molecular weight excluding hydrogens is 288 g/mol. The highest BCUT2D eigenvalue weighted by atomic mass is 16.3. The zero-order valence-electron chi connectivity index (χ0n) is 12.9. The number of aliphatic hydroxyl groups is 1. The van der Waals surface area contributed by atoms with Crippen LogP contribution in [0.1, 0.15) is 34.5 Å². The molecule has 0 spiro atoms. The molecule has 0 saturated heterocycles. The van der Waals surface area contributed by atoms with E-state index in [2.05, 4.69) is 10.3 Å². The Hall–Kier alpha value is -2.72. The second-order valence-corrected chi connectivity index (χ2v) is 5.43. The van der Waals surface area contributed by atoms with Crippen molar-refractivity contribution in [1.29, 1.82) is 0 Å². The molecule has 0 aliphatic heterocycles. The number of hydrogen-bond acceptors (Lipinski definition) is 3. The Labute approximate surface area is 134 Å². The third-order valence-corrected chi connectivity index (χ3v) is 3.93. The Balaban J connectivity index is 1.92. The molecule has 0 fully saturated rings. The first-order valence-corrected chi connectivity index (χ1v) is 7.54. The van der Waals surface area contributed by atoms with Crippen molar-refractivity contribution in [3.8, 4) is 0 Å². The molecular formula is C19H18N2O2. The molecule has 1 atom stereocenters. The van der Waals surface area contributed by atoms with Crippen LogP contribution in [0.15, 0.2) is 60.8 Å². The van der Waals surface area contributed by atoms with Gasteiger partial charge in [0.2, 0.25) is 0 Å². The average molecular weight is 306 g/mol. The minimum absolute atomic E-state index is 0.116. The third-order valence-electron chi connectivity index (χ3n) is 3.93. The Morgan fingerprint density at radius 3 is 2.65 bits per heavy atom. The van der Waals surface area contributed by atoms with Gasteiger partial charge in [-0.2, -0.15) is 0 Å². The molecule has 1 heterocycles. The van der Waals surface area contributed by atoms with E-state index < -0.39 is 0 Å². The first-order chi connectivity index (χ1) is 11.2. The zero-order chi connectivity index (χ0) is 16.2. The molecule has 3 rings (SSSR count). The summed E-state index contributed by atoms with van der Waals surface area (Å²) in [6, 6.07) is 17.0. The summed E-state index contributed by atoms with van der Waals surface area (Å²) in [5.41, 5.74) is 2.71. The number of amides is 1. The summed E-state index contributed by atoms with van der Waals surface area (Å²) in [5.74, 6) is -0.210. The highest BCUT2D eigenvalue weighted by Crippen LogP contribution is 2.21. The van der Waals surface area contributed by atoms with Crippen LogP contribution in [-0.4, -0.2) is 16.0 Å². The van der Waals surface area contributed by atoms with E-state index in [4.69, 9.17) is 0 Å². The lowest BCUT2D eigenvalue weighted by Gasteiger charge is -2.16. The lowest BCUT2D eigenvalue weighted by Crippen LogP contribution is -2.27. The standard InChI is InChI=1S/C19H18N2O2/c1-13(14-6-3-2-4-7-14)21-19(23)16-10-9-15-8-5-11-20-18(15)17(16)12-22/h2-11,13,22H,12H2,1H3,(H,21,23). The first-order valence-electron chi connectivity index (χ1n) is 7.54. The van der Waals surface area contributed by atoms with E-state index >= 15 is 0 Å². The molecule has 23 heavy (non-hydrogen) atoms. The summed E-state index contributed by atoms with van der Waals surface area (Å²) >= 11 is 0. The van der Waals surface area contributed by atoms with Gasteiger partial charge in [0.1, 0.15) is 0 Å². The molecule has 0 saturated carbocycles. The van der Waals surface area contributed by atoms with Crippen LogP contribution in [0.3, 0.4) is 0 Å². The minimum Gasteiger partial charge on any atom is -0.392 e. The molecule has 1 unspecified atom stereocenters. The van der Waals surface area contributed by atoms with Gasteiger partial charge in [-0.1, -0.05) is 42.5 Å². The van der Waals surface area contributed by atoms with Gasteiger partial charge in [0, 0.05) is 22.7 Å². The number of nitrogens with zero attached hydrogens (tertiary/aromatic N) is 1. The summed E-state index contributed by atoms with van der Waals surface area (Å²) < 4.78 is 0. The highest BCUT2D eigenvalue weighted by molar-refractivity contribution is 6.00. The van der Waals surface area contributed by atoms with Crippen LogP contribution < -0.4 is 5.32 Å². The number of rotatable bonds is 4. The summed E-state index contributed by atoms with van der Waals surface area (Å²) in [7, 11) is 0. The summed E-state index contributed by atoms with van der Waals surface area (Å²) in [6.45, 7) is 1.71. The van der Waals surface area contributed by atoms with E-state index in [1.165, 1.54) is 0 Å². The number of nitrogens with one attached hydrogen (secondary N) is 1. The second kappa shape index (κ2) is 6.58. The SMILES string of the molecule is CC(NC(=O)c1ccc2cccnc2c1CO)c1ccccc1. The molecule has 2 N–H and O–H groups in total. The zero-order valence-corrected chi connectivity index (χ0v) is 12.9. The minimum atomic E-state index is -0.225. The maximum Gasteiger partial charge on any atom is 0.252 e. The van der Waals surface area contributed by atoms with Gasteiger partial charge in [-0.15, -0.1) is 0 Å². The van der Waals surface area contributed by atoms with E-state index in [1.54, 1.807) is 12.3 Å². The Bertz CT molecular complexity index is 831. The summed E-state index contributed by atoms with van der Waals surface area (Å²) in [6.07, 6.45) is 1.66. The number of benzene rings is 2. The van der Waals surface area contributed by atoms with Crippen molar-refractivity contribution >= 4 is 16.8 Å². The van der Waals surface area contributed by atoms with Crippen molar-refractivity contribution in [3.63, 3.8) is 0 Å². The van der Waals surface area contributed by atoms with Crippen LogP contribution in [0, 0.1) is 0 Å². The maximum atomic E-state index is 12.6. The van der Waals surface area contributed by atoms with E-state index in [-0.39, 0.29) is 18.6 Å². The molecule has 4 nitrogen and oxygen atoms in total. The summed E-state index contributed by atoms with van der Waals surface area (Å²) in [4.78, 5) is 16.9. The maximum absolute atomic E-state index is 12.6. The smallest absolute Gasteiger partial charge is 0.252 e.